The van der Waals surface area contributed by atoms with Gasteiger partial charge in [0.1, 0.15) is 11.6 Å². The molecule has 0 aliphatic heterocycles. The lowest BCUT2D eigenvalue weighted by Crippen LogP contribution is -2.33. The van der Waals surface area contributed by atoms with E-state index in [9.17, 15) is 4.79 Å². The monoisotopic (exact) mass is 404 g/mol. The number of carbonyl (C=O) groups excluding carboxylic acids is 1. The van der Waals surface area contributed by atoms with E-state index in [1.807, 2.05) is 52.0 Å². The Kier molecular flexibility index (Phi) is 5.35. The summed E-state index contributed by atoms with van der Waals surface area (Å²) < 4.78 is 11.2. The molecule has 1 N–H and O–H groups in total. The number of pyridine rings is 1. The van der Waals surface area contributed by atoms with Gasteiger partial charge >= 0.3 is 0 Å². The zero-order valence-electron chi connectivity index (χ0n) is 17.5. The molecule has 0 saturated heterocycles. The normalized spacial score (nSPS) is 12.4. The molecule has 0 radical (unpaired) electrons. The van der Waals surface area contributed by atoms with Crippen molar-refractivity contribution in [3.63, 3.8) is 0 Å². The molecule has 4 rings (SSSR count). The van der Waals surface area contributed by atoms with Gasteiger partial charge in [-0.25, -0.2) is 0 Å². The van der Waals surface area contributed by atoms with Crippen LogP contribution in [-0.2, 0) is 11.2 Å². The third-order valence-corrected chi connectivity index (χ3v) is 5.30. The first kappa shape index (κ1) is 19.8. The fourth-order valence-electron chi connectivity index (χ4n) is 3.41. The predicted octanol–water partition coefficient (Wildman–Crippen LogP) is 4.55. The van der Waals surface area contributed by atoms with Crippen molar-refractivity contribution in [2.24, 2.45) is 5.92 Å². The van der Waals surface area contributed by atoms with Crippen LogP contribution in [-0.4, -0.2) is 21.0 Å². The first-order valence-electron chi connectivity index (χ1n) is 9.93. The molecule has 1 unspecified atom stereocenters. The first-order valence-corrected chi connectivity index (χ1v) is 9.93. The highest BCUT2D eigenvalue weighted by Crippen LogP contribution is 2.28. The van der Waals surface area contributed by atoms with Crippen molar-refractivity contribution >= 4 is 16.9 Å². The van der Waals surface area contributed by atoms with Crippen molar-refractivity contribution in [3.8, 4) is 11.4 Å². The van der Waals surface area contributed by atoms with Crippen molar-refractivity contribution < 1.29 is 13.7 Å². The molecule has 30 heavy (non-hydrogen) atoms. The minimum atomic E-state index is -0.391. The van der Waals surface area contributed by atoms with Crippen LogP contribution in [0.4, 0.5) is 0 Å². The number of furan rings is 1. The molecule has 3 aromatic heterocycles. The molecule has 4 aromatic rings. The molecule has 1 amide bonds. The molecule has 1 aromatic carbocycles. The third kappa shape index (κ3) is 3.83. The summed E-state index contributed by atoms with van der Waals surface area (Å²) in [6.07, 6.45) is 5.23. The van der Waals surface area contributed by atoms with Crippen LogP contribution in [0.3, 0.4) is 0 Å². The minimum Gasteiger partial charge on any atom is -0.464 e. The SMILES string of the molecule is Cc1ccc2c(CC(=O)NC(c3nc(-c4cccnc4)no3)C(C)C)coc2c1C. The number of rotatable bonds is 6. The molecule has 7 nitrogen and oxygen atoms in total. The highest BCUT2D eigenvalue weighted by atomic mass is 16.5. The standard InChI is InChI=1S/C23H24N4O3/c1-13(2)20(23-26-22(27-30-23)16-6-5-9-24-11-16)25-19(28)10-17-12-29-21-15(4)14(3)7-8-18(17)21/h5-9,11-13,20H,10H2,1-4H3,(H,25,28). The summed E-state index contributed by atoms with van der Waals surface area (Å²) in [7, 11) is 0. The number of benzene rings is 1. The van der Waals surface area contributed by atoms with Gasteiger partial charge in [-0.3, -0.25) is 9.78 Å². The molecule has 154 valence electrons. The Bertz CT molecular complexity index is 1180. The molecule has 0 spiro atoms. The summed E-state index contributed by atoms with van der Waals surface area (Å²) in [6.45, 7) is 8.06. The van der Waals surface area contributed by atoms with E-state index in [2.05, 4.69) is 20.4 Å². The van der Waals surface area contributed by atoms with Crippen LogP contribution in [0.5, 0.6) is 0 Å². The Labute approximate surface area is 174 Å². The molecule has 0 aliphatic rings. The van der Waals surface area contributed by atoms with Gasteiger partial charge in [-0.15, -0.1) is 0 Å². The number of nitrogens with one attached hydrogen (secondary N) is 1. The first-order chi connectivity index (χ1) is 14.4. The van der Waals surface area contributed by atoms with Crippen LogP contribution in [0, 0.1) is 19.8 Å². The van der Waals surface area contributed by atoms with Crippen LogP contribution >= 0.6 is 0 Å². The lowest BCUT2D eigenvalue weighted by Gasteiger charge is -2.18. The highest BCUT2D eigenvalue weighted by molar-refractivity contribution is 5.89. The maximum atomic E-state index is 12.8. The number of carbonyl (C=O) groups is 1. The Morgan fingerprint density at radius 1 is 1.20 bits per heavy atom. The van der Waals surface area contributed by atoms with E-state index in [1.165, 1.54) is 0 Å². The molecule has 1 atom stereocenters. The van der Waals surface area contributed by atoms with Gasteiger partial charge in [-0.2, -0.15) is 4.98 Å². The summed E-state index contributed by atoms with van der Waals surface area (Å²) in [5, 5.41) is 8.04. The van der Waals surface area contributed by atoms with Crippen LogP contribution in [0.2, 0.25) is 0 Å². The van der Waals surface area contributed by atoms with Gasteiger partial charge in [0, 0.05) is 28.9 Å². The van der Waals surface area contributed by atoms with Crippen molar-refractivity contribution in [2.75, 3.05) is 0 Å². The van der Waals surface area contributed by atoms with Crippen LogP contribution in [0.25, 0.3) is 22.4 Å². The van der Waals surface area contributed by atoms with Gasteiger partial charge in [0.2, 0.25) is 17.6 Å². The van der Waals surface area contributed by atoms with E-state index >= 15 is 0 Å². The molecule has 3 heterocycles. The third-order valence-electron chi connectivity index (χ3n) is 5.30. The maximum absolute atomic E-state index is 12.8. The Hall–Kier alpha value is -3.48. The number of aromatic nitrogens is 3. The number of amides is 1. The average molecular weight is 404 g/mol. The number of nitrogens with zero attached hydrogens (tertiary/aromatic N) is 3. The second-order valence-corrected chi connectivity index (χ2v) is 7.81. The molecule has 0 saturated carbocycles. The zero-order valence-corrected chi connectivity index (χ0v) is 17.5. The van der Waals surface area contributed by atoms with Gasteiger partial charge in [0.15, 0.2) is 0 Å². The van der Waals surface area contributed by atoms with Gasteiger partial charge < -0.3 is 14.3 Å². The van der Waals surface area contributed by atoms with E-state index in [1.54, 1.807) is 18.7 Å². The van der Waals surface area contributed by atoms with Crippen LogP contribution in [0.1, 0.15) is 42.5 Å². The Morgan fingerprint density at radius 3 is 2.77 bits per heavy atom. The quantitative estimate of drug-likeness (QED) is 0.507. The average Bonchev–Trinajstić information content (AvgIpc) is 3.37. The van der Waals surface area contributed by atoms with Crippen LogP contribution in [0.15, 0.2) is 51.9 Å². The number of aryl methyl sites for hydroxylation is 2. The summed E-state index contributed by atoms with van der Waals surface area (Å²) >= 11 is 0. The summed E-state index contributed by atoms with van der Waals surface area (Å²) in [4.78, 5) is 21.4. The zero-order chi connectivity index (χ0) is 21.3. The van der Waals surface area contributed by atoms with Gasteiger partial charge in [-0.1, -0.05) is 31.1 Å². The fourth-order valence-corrected chi connectivity index (χ4v) is 3.41. The molecule has 0 bridgehead atoms. The van der Waals surface area contributed by atoms with E-state index < -0.39 is 6.04 Å². The van der Waals surface area contributed by atoms with Crippen LogP contribution < -0.4 is 5.32 Å². The summed E-state index contributed by atoms with van der Waals surface area (Å²) in [5.41, 5.74) is 4.70. The Balaban J connectivity index is 1.52. The summed E-state index contributed by atoms with van der Waals surface area (Å²) in [5.74, 6) is 0.767. The molecule has 0 fully saturated rings. The second-order valence-electron chi connectivity index (χ2n) is 7.81. The van der Waals surface area contributed by atoms with E-state index in [-0.39, 0.29) is 18.2 Å². The number of fused-ring (bicyclic) bond motifs is 1. The minimum absolute atomic E-state index is 0.0714. The lowest BCUT2D eigenvalue weighted by molar-refractivity contribution is -0.121. The Morgan fingerprint density at radius 2 is 2.03 bits per heavy atom. The van der Waals surface area contributed by atoms with E-state index in [4.69, 9.17) is 8.94 Å². The summed E-state index contributed by atoms with van der Waals surface area (Å²) in [6, 6.07) is 7.33. The second kappa shape index (κ2) is 8.10. The maximum Gasteiger partial charge on any atom is 0.249 e. The highest BCUT2D eigenvalue weighted by Gasteiger charge is 2.25. The fraction of sp³-hybridized carbons (Fsp3) is 0.304. The largest absolute Gasteiger partial charge is 0.464 e. The van der Waals surface area contributed by atoms with Crippen molar-refractivity contribution in [2.45, 2.75) is 40.2 Å². The molecule has 0 aliphatic carbocycles. The van der Waals surface area contributed by atoms with Gasteiger partial charge in [-0.05, 0) is 43.0 Å². The van der Waals surface area contributed by atoms with Crippen molar-refractivity contribution in [1.29, 1.82) is 0 Å². The topological polar surface area (TPSA) is 94.1 Å². The molecular formula is C23H24N4O3. The number of hydrogen-bond acceptors (Lipinski definition) is 6. The van der Waals surface area contributed by atoms with Gasteiger partial charge in [0.05, 0.1) is 12.7 Å². The molecule has 7 heteroatoms. The van der Waals surface area contributed by atoms with E-state index in [0.717, 1.165) is 33.2 Å². The van der Waals surface area contributed by atoms with Crippen molar-refractivity contribution in [1.82, 2.24) is 20.4 Å². The smallest absolute Gasteiger partial charge is 0.249 e. The lowest BCUT2D eigenvalue weighted by atomic mass is 10.0. The van der Waals surface area contributed by atoms with Crippen molar-refractivity contribution in [3.05, 3.63) is 65.5 Å². The molecular weight excluding hydrogens is 380 g/mol. The number of hydrogen-bond donors (Lipinski definition) is 1. The van der Waals surface area contributed by atoms with Gasteiger partial charge in [0.25, 0.3) is 0 Å². The van der Waals surface area contributed by atoms with E-state index in [0.29, 0.717) is 11.7 Å². The predicted molar refractivity (Wildman–Crippen MR) is 113 cm³/mol.